The Labute approximate surface area is 144 Å². The number of aryl methyl sites for hydroxylation is 1. The zero-order valence-corrected chi connectivity index (χ0v) is 14.9. The summed E-state index contributed by atoms with van der Waals surface area (Å²) in [7, 11) is -3.45. The van der Waals surface area contributed by atoms with E-state index in [0.29, 0.717) is 17.9 Å². The molecule has 0 fully saturated rings. The molecule has 1 aromatic heterocycles. The predicted octanol–water partition coefficient (Wildman–Crippen LogP) is 2.90. The lowest BCUT2D eigenvalue weighted by atomic mass is 10.0. The number of hydrogen-bond donors (Lipinski definition) is 0. The van der Waals surface area contributed by atoms with Gasteiger partial charge in [-0.05, 0) is 42.1 Å². The quantitative estimate of drug-likeness (QED) is 0.840. The van der Waals surface area contributed by atoms with E-state index >= 15 is 0 Å². The Balaban J connectivity index is 1.74. The highest BCUT2D eigenvalue weighted by Crippen LogP contribution is 2.40. The number of fused-ring (bicyclic) bond motifs is 1. The normalized spacial score (nSPS) is 19.7. The number of hydrazone groups is 1. The van der Waals surface area contributed by atoms with Gasteiger partial charge in [0.05, 0.1) is 12.0 Å². The van der Waals surface area contributed by atoms with Crippen LogP contribution in [0.15, 0.2) is 34.7 Å². The Morgan fingerprint density at radius 2 is 2.04 bits per heavy atom. The number of ether oxygens (including phenoxy) is 2. The second-order valence-electron chi connectivity index (χ2n) is 5.84. The lowest BCUT2D eigenvalue weighted by Gasteiger charge is -2.20. The zero-order valence-electron chi connectivity index (χ0n) is 13.2. The summed E-state index contributed by atoms with van der Waals surface area (Å²) in [5.41, 5.74) is 2.67. The highest BCUT2D eigenvalue weighted by atomic mass is 32.2. The Morgan fingerprint density at radius 1 is 1.25 bits per heavy atom. The zero-order chi connectivity index (χ0) is 16.9. The average molecular weight is 364 g/mol. The number of rotatable bonds is 3. The highest BCUT2D eigenvalue weighted by molar-refractivity contribution is 7.88. The maximum absolute atomic E-state index is 12.2. The highest BCUT2D eigenvalue weighted by Gasteiger charge is 2.36. The summed E-state index contributed by atoms with van der Waals surface area (Å²) >= 11 is 1.56. The van der Waals surface area contributed by atoms with Crippen LogP contribution in [0.25, 0.3) is 0 Å². The molecule has 0 amide bonds. The van der Waals surface area contributed by atoms with Crippen LogP contribution in [0, 0.1) is 6.92 Å². The minimum absolute atomic E-state index is 0.206. The van der Waals surface area contributed by atoms with Gasteiger partial charge in [-0.3, -0.25) is 0 Å². The molecule has 0 N–H and O–H groups in total. The molecule has 6 nitrogen and oxygen atoms in total. The minimum Gasteiger partial charge on any atom is -0.454 e. The van der Waals surface area contributed by atoms with Crippen molar-refractivity contribution in [1.29, 1.82) is 0 Å². The molecule has 0 spiro atoms. The van der Waals surface area contributed by atoms with E-state index in [1.165, 1.54) is 10.7 Å². The SMILES string of the molecule is Cc1ccsc1C1CC(c2ccc3c(c2)OCO3)=NN1S(C)(=O)=O. The Morgan fingerprint density at radius 3 is 2.75 bits per heavy atom. The van der Waals surface area contributed by atoms with Crippen molar-refractivity contribution >= 4 is 27.1 Å². The van der Waals surface area contributed by atoms with Gasteiger partial charge in [-0.2, -0.15) is 9.52 Å². The van der Waals surface area contributed by atoms with E-state index in [9.17, 15) is 8.42 Å². The average Bonchev–Trinajstić information content (AvgIpc) is 3.23. The third-order valence-corrected chi connectivity index (χ3v) is 6.26. The molecule has 0 radical (unpaired) electrons. The first-order valence-corrected chi connectivity index (χ1v) is 10.2. The molecule has 1 atom stereocenters. The number of sulfonamides is 1. The molecule has 0 bridgehead atoms. The summed E-state index contributed by atoms with van der Waals surface area (Å²) in [5, 5.41) is 6.38. The van der Waals surface area contributed by atoms with Crippen molar-refractivity contribution in [3.63, 3.8) is 0 Å². The maximum atomic E-state index is 12.2. The number of thiophene rings is 1. The minimum atomic E-state index is -3.45. The first kappa shape index (κ1) is 15.5. The van der Waals surface area contributed by atoms with Crippen molar-refractivity contribution in [2.75, 3.05) is 13.0 Å². The van der Waals surface area contributed by atoms with E-state index in [-0.39, 0.29) is 12.8 Å². The number of hydrogen-bond acceptors (Lipinski definition) is 6. The van der Waals surface area contributed by atoms with Crippen LogP contribution >= 0.6 is 11.3 Å². The van der Waals surface area contributed by atoms with Gasteiger partial charge in [0.15, 0.2) is 11.5 Å². The molecule has 0 saturated carbocycles. The number of benzene rings is 1. The molecule has 0 saturated heterocycles. The van der Waals surface area contributed by atoms with Gasteiger partial charge in [-0.15, -0.1) is 11.3 Å². The van der Waals surface area contributed by atoms with E-state index in [1.807, 2.05) is 36.6 Å². The second kappa shape index (κ2) is 5.49. The van der Waals surface area contributed by atoms with Crippen LogP contribution in [0.5, 0.6) is 11.5 Å². The monoisotopic (exact) mass is 364 g/mol. The van der Waals surface area contributed by atoms with Crippen LogP contribution in [0.2, 0.25) is 0 Å². The lowest BCUT2D eigenvalue weighted by Crippen LogP contribution is -2.25. The van der Waals surface area contributed by atoms with Gasteiger partial charge in [0.2, 0.25) is 16.8 Å². The molecule has 2 aliphatic rings. The van der Waals surface area contributed by atoms with E-state index in [2.05, 4.69) is 5.10 Å². The molecule has 8 heteroatoms. The standard InChI is InChI=1S/C16H16N2O4S2/c1-10-5-6-23-16(10)13-8-12(17-18(13)24(2,19)20)11-3-4-14-15(7-11)22-9-21-14/h3-7,13H,8-9H2,1-2H3. The summed E-state index contributed by atoms with van der Waals surface area (Å²) < 4.78 is 36.3. The Bertz CT molecular complexity index is 933. The molecule has 3 heterocycles. The van der Waals surface area contributed by atoms with Gasteiger partial charge in [0, 0.05) is 16.9 Å². The van der Waals surface area contributed by atoms with Crippen molar-refractivity contribution < 1.29 is 17.9 Å². The molecular weight excluding hydrogens is 348 g/mol. The van der Waals surface area contributed by atoms with E-state index < -0.39 is 10.0 Å². The van der Waals surface area contributed by atoms with Crippen LogP contribution in [-0.4, -0.2) is 31.6 Å². The van der Waals surface area contributed by atoms with Gasteiger partial charge < -0.3 is 9.47 Å². The lowest BCUT2D eigenvalue weighted by molar-refractivity contribution is 0.174. The van der Waals surface area contributed by atoms with Crippen LogP contribution in [-0.2, 0) is 10.0 Å². The fraction of sp³-hybridized carbons (Fsp3) is 0.312. The number of nitrogens with zero attached hydrogens (tertiary/aromatic N) is 2. The Kier molecular flexibility index (Phi) is 3.54. The first-order valence-electron chi connectivity index (χ1n) is 7.44. The largest absolute Gasteiger partial charge is 0.454 e. The van der Waals surface area contributed by atoms with Crippen molar-refractivity contribution in [3.8, 4) is 11.5 Å². The van der Waals surface area contributed by atoms with Crippen molar-refractivity contribution in [3.05, 3.63) is 45.6 Å². The second-order valence-corrected chi connectivity index (χ2v) is 8.63. The van der Waals surface area contributed by atoms with Gasteiger partial charge in [-0.1, -0.05) is 0 Å². The summed E-state index contributed by atoms with van der Waals surface area (Å²) in [6, 6.07) is 7.27. The molecule has 4 rings (SSSR count). The van der Waals surface area contributed by atoms with Gasteiger partial charge >= 0.3 is 0 Å². The van der Waals surface area contributed by atoms with E-state index in [0.717, 1.165) is 21.7 Å². The summed E-state index contributed by atoms with van der Waals surface area (Å²) in [4.78, 5) is 1.03. The van der Waals surface area contributed by atoms with Gasteiger partial charge in [0.25, 0.3) is 0 Å². The van der Waals surface area contributed by atoms with Crippen molar-refractivity contribution in [1.82, 2.24) is 4.41 Å². The smallest absolute Gasteiger partial charge is 0.247 e. The predicted molar refractivity (Wildman–Crippen MR) is 92.2 cm³/mol. The summed E-state index contributed by atoms with van der Waals surface area (Å²) in [5.74, 6) is 1.36. The Hall–Kier alpha value is -2.06. The summed E-state index contributed by atoms with van der Waals surface area (Å²) in [6.45, 7) is 2.20. The molecule has 0 aliphatic carbocycles. The van der Waals surface area contributed by atoms with Gasteiger partial charge in [-0.25, -0.2) is 8.42 Å². The molecule has 1 aromatic carbocycles. The van der Waals surface area contributed by atoms with Crippen LogP contribution in [0.3, 0.4) is 0 Å². The van der Waals surface area contributed by atoms with E-state index in [1.54, 1.807) is 11.3 Å². The first-order chi connectivity index (χ1) is 11.4. The summed E-state index contributed by atoms with van der Waals surface area (Å²) in [6.07, 6.45) is 1.73. The fourth-order valence-electron chi connectivity index (χ4n) is 2.97. The van der Waals surface area contributed by atoms with Gasteiger partial charge in [0.1, 0.15) is 6.04 Å². The molecule has 1 unspecified atom stereocenters. The van der Waals surface area contributed by atoms with E-state index in [4.69, 9.17) is 9.47 Å². The third-order valence-electron chi connectivity index (χ3n) is 4.12. The van der Waals surface area contributed by atoms with Crippen LogP contribution in [0.4, 0.5) is 0 Å². The molecule has 2 aliphatic heterocycles. The van der Waals surface area contributed by atoms with Crippen molar-refractivity contribution in [2.45, 2.75) is 19.4 Å². The van der Waals surface area contributed by atoms with Crippen LogP contribution < -0.4 is 9.47 Å². The molecular formula is C16H16N2O4S2. The third kappa shape index (κ3) is 2.55. The molecule has 126 valence electrons. The van der Waals surface area contributed by atoms with Crippen molar-refractivity contribution in [2.24, 2.45) is 5.10 Å². The topological polar surface area (TPSA) is 68.2 Å². The molecule has 24 heavy (non-hydrogen) atoms. The molecule has 2 aromatic rings. The fourth-order valence-corrected chi connectivity index (χ4v) is 4.94. The van der Waals surface area contributed by atoms with Crippen LogP contribution in [0.1, 0.15) is 28.5 Å². The maximum Gasteiger partial charge on any atom is 0.247 e.